The molecule has 0 amide bonds. The quantitative estimate of drug-likeness (QED) is 0.602. The van der Waals surface area contributed by atoms with E-state index in [0.29, 0.717) is 20.7 Å². The van der Waals surface area contributed by atoms with Crippen molar-refractivity contribution in [3.8, 4) is 5.75 Å². The van der Waals surface area contributed by atoms with E-state index in [2.05, 4.69) is 0 Å². The van der Waals surface area contributed by atoms with Crippen molar-refractivity contribution in [3.05, 3.63) is 50.1 Å². The van der Waals surface area contributed by atoms with Gasteiger partial charge in [0.15, 0.2) is 6.61 Å². The van der Waals surface area contributed by atoms with E-state index in [9.17, 15) is 9.59 Å². The van der Waals surface area contributed by atoms with E-state index in [0.717, 1.165) is 22.6 Å². The number of Topliss-reactive ketones (excluding diaryl/α,β-unsaturated/α-hetero) is 1. The van der Waals surface area contributed by atoms with Gasteiger partial charge in [0.1, 0.15) is 12.4 Å². The predicted octanol–water partition coefficient (Wildman–Crippen LogP) is 4.03. The summed E-state index contributed by atoms with van der Waals surface area (Å²) < 4.78 is 11.2. The minimum absolute atomic E-state index is 0.229. The van der Waals surface area contributed by atoms with Gasteiger partial charge in [0.2, 0.25) is 5.78 Å². The summed E-state index contributed by atoms with van der Waals surface area (Å²) in [4.78, 5) is 24.5. The van der Waals surface area contributed by atoms with Crippen molar-refractivity contribution in [2.75, 3.05) is 13.2 Å². The van der Waals surface area contributed by atoms with Gasteiger partial charge in [-0.05, 0) is 42.3 Å². The van der Waals surface area contributed by atoms with Crippen LogP contribution in [-0.4, -0.2) is 25.0 Å². The highest BCUT2D eigenvalue weighted by Gasteiger charge is 2.28. The average Bonchev–Trinajstić information content (AvgIpc) is 2.98. The smallest absolute Gasteiger partial charge is 0.313 e. The molecule has 4 nitrogen and oxygen atoms in total. The second kappa shape index (κ2) is 6.91. The minimum atomic E-state index is -0.452. The van der Waals surface area contributed by atoms with E-state index in [1.54, 1.807) is 30.3 Å². The zero-order valence-corrected chi connectivity index (χ0v) is 14.2. The molecular formula is C16H12Cl2O4S. The number of ketones is 1. The number of hydrogen-bond acceptors (Lipinski definition) is 5. The molecule has 7 heteroatoms. The van der Waals surface area contributed by atoms with Gasteiger partial charge in [-0.25, -0.2) is 0 Å². The first-order chi connectivity index (χ1) is 11.0. The molecular weight excluding hydrogens is 359 g/mol. The van der Waals surface area contributed by atoms with Crippen LogP contribution in [0.25, 0.3) is 0 Å². The summed E-state index contributed by atoms with van der Waals surface area (Å²) in [7, 11) is 0. The molecule has 0 spiro atoms. The topological polar surface area (TPSA) is 52.6 Å². The molecule has 23 heavy (non-hydrogen) atoms. The maximum Gasteiger partial charge on any atom is 0.313 e. The van der Waals surface area contributed by atoms with Gasteiger partial charge in [-0.3, -0.25) is 9.59 Å². The summed E-state index contributed by atoms with van der Waals surface area (Å²) in [6.07, 6.45) is 0.480. The summed E-state index contributed by atoms with van der Waals surface area (Å²) in [5.74, 6) is -0.439. The molecule has 120 valence electrons. The second-order valence-electron chi connectivity index (χ2n) is 5.10. The Hall–Kier alpha value is -1.56. The van der Waals surface area contributed by atoms with Gasteiger partial charge in [-0.2, -0.15) is 0 Å². The summed E-state index contributed by atoms with van der Waals surface area (Å²) in [6.45, 7) is -0.0684. The molecule has 0 aliphatic carbocycles. The van der Waals surface area contributed by atoms with Crippen LogP contribution >= 0.6 is 34.5 Å². The Morgan fingerprint density at radius 3 is 2.83 bits per heavy atom. The van der Waals surface area contributed by atoms with Gasteiger partial charge < -0.3 is 9.47 Å². The number of benzene rings is 1. The summed E-state index contributed by atoms with van der Waals surface area (Å²) in [6, 6.07) is 8.55. The van der Waals surface area contributed by atoms with Crippen LogP contribution in [0.15, 0.2) is 30.3 Å². The van der Waals surface area contributed by atoms with Crippen molar-refractivity contribution in [2.24, 2.45) is 5.92 Å². The molecule has 0 N–H and O–H groups in total. The van der Waals surface area contributed by atoms with Crippen LogP contribution in [0.5, 0.6) is 5.75 Å². The Kier molecular flexibility index (Phi) is 4.90. The molecule has 3 rings (SSSR count). The van der Waals surface area contributed by atoms with Crippen molar-refractivity contribution in [1.82, 2.24) is 0 Å². The molecule has 1 atom stereocenters. The number of thiophene rings is 1. The first-order valence-electron chi connectivity index (χ1n) is 6.89. The van der Waals surface area contributed by atoms with Crippen molar-refractivity contribution in [1.29, 1.82) is 0 Å². The highest BCUT2D eigenvalue weighted by molar-refractivity contribution is 7.18. The maximum atomic E-state index is 12.1. The zero-order chi connectivity index (χ0) is 16.4. The fourth-order valence-electron chi connectivity index (χ4n) is 2.30. The van der Waals surface area contributed by atoms with Gasteiger partial charge in [-0.1, -0.05) is 23.2 Å². The highest BCUT2D eigenvalue weighted by atomic mass is 35.5. The Labute approximate surface area is 146 Å². The Morgan fingerprint density at radius 2 is 2.09 bits per heavy atom. The Balaban J connectivity index is 1.58. The molecule has 0 unspecified atom stereocenters. The van der Waals surface area contributed by atoms with E-state index in [1.165, 1.54) is 0 Å². The molecule has 0 saturated carbocycles. The monoisotopic (exact) mass is 370 g/mol. The normalized spacial score (nSPS) is 16.3. The standard InChI is InChI=1S/C16H12Cl2O4S/c17-11-1-2-13-9(6-11)5-10(7-21-13)16(20)22-8-12(19)14-3-4-15(18)23-14/h1-4,6,10H,5,7-8H2/t10-/m0/s1. The molecule has 1 aromatic carbocycles. The first kappa shape index (κ1) is 16.3. The van der Waals surface area contributed by atoms with E-state index in [4.69, 9.17) is 32.7 Å². The lowest BCUT2D eigenvalue weighted by Gasteiger charge is -2.24. The summed E-state index contributed by atoms with van der Waals surface area (Å²) >= 11 is 12.9. The van der Waals surface area contributed by atoms with Gasteiger partial charge >= 0.3 is 5.97 Å². The maximum absolute atomic E-state index is 12.1. The first-order valence-corrected chi connectivity index (χ1v) is 8.46. The van der Waals surface area contributed by atoms with Crippen LogP contribution in [0.3, 0.4) is 0 Å². The number of fused-ring (bicyclic) bond motifs is 1. The molecule has 2 aromatic rings. The second-order valence-corrected chi connectivity index (χ2v) is 7.25. The number of carbonyl (C=O) groups excluding carboxylic acids is 2. The van der Waals surface area contributed by atoms with Gasteiger partial charge in [-0.15, -0.1) is 11.3 Å². The molecule has 0 radical (unpaired) electrons. The third-order valence-electron chi connectivity index (χ3n) is 3.46. The zero-order valence-electron chi connectivity index (χ0n) is 11.9. The fraction of sp³-hybridized carbons (Fsp3) is 0.250. The van der Waals surface area contributed by atoms with Crippen LogP contribution in [0.2, 0.25) is 9.36 Å². The van der Waals surface area contributed by atoms with Crippen LogP contribution in [0, 0.1) is 5.92 Å². The molecule has 0 fully saturated rings. The lowest BCUT2D eigenvalue weighted by Crippen LogP contribution is -2.30. The highest BCUT2D eigenvalue weighted by Crippen LogP contribution is 2.30. The summed E-state index contributed by atoms with van der Waals surface area (Å²) in [5.41, 5.74) is 0.863. The lowest BCUT2D eigenvalue weighted by molar-refractivity contribution is -0.148. The lowest BCUT2D eigenvalue weighted by atomic mass is 9.97. The number of carbonyl (C=O) groups is 2. The van der Waals surface area contributed by atoms with Gasteiger partial charge in [0.25, 0.3) is 0 Å². The number of hydrogen-bond donors (Lipinski definition) is 0. The van der Waals surface area contributed by atoms with E-state index < -0.39 is 11.9 Å². The van der Waals surface area contributed by atoms with E-state index >= 15 is 0 Å². The molecule has 0 saturated heterocycles. The summed E-state index contributed by atoms with van der Waals surface area (Å²) in [5, 5.41) is 0.589. The van der Waals surface area contributed by atoms with Crippen LogP contribution < -0.4 is 4.74 Å². The number of rotatable bonds is 4. The molecule has 0 bridgehead atoms. The SMILES string of the molecule is O=C(COC(=O)[C@@H]1COc2ccc(Cl)cc2C1)c1ccc(Cl)s1. The van der Waals surface area contributed by atoms with Gasteiger partial charge in [0.05, 0.1) is 15.1 Å². The number of ether oxygens (including phenoxy) is 2. The Morgan fingerprint density at radius 1 is 1.26 bits per heavy atom. The van der Waals surface area contributed by atoms with Crippen molar-refractivity contribution < 1.29 is 19.1 Å². The minimum Gasteiger partial charge on any atom is -0.492 e. The molecule has 1 aromatic heterocycles. The average molecular weight is 371 g/mol. The van der Waals surface area contributed by atoms with Crippen molar-refractivity contribution in [3.63, 3.8) is 0 Å². The van der Waals surface area contributed by atoms with E-state index in [-0.39, 0.29) is 19.0 Å². The van der Waals surface area contributed by atoms with Crippen molar-refractivity contribution >= 4 is 46.3 Å². The van der Waals surface area contributed by atoms with Gasteiger partial charge in [0, 0.05) is 5.02 Å². The van der Waals surface area contributed by atoms with Crippen LogP contribution in [0.1, 0.15) is 15.2 Å². The Bertz CT molecular complexity index is 756. The third kappa shape index (κ3) is 3.86. The molecule has 1 aliphatic rings. The third-order valence-corrected chi connectivity index (χ3v) is 4.96. The molecule has 1 aliphatic heterocycles. The van der Waals surface area contributed by atoms with Crippen molar-refractivity contribution in [2.45, 2.75) is 6.42 Å². The van der Waals surface area contributed by atoms with Crippen LogP contribution in [0.4, 0.5) is 0 Å². The number of halogens is 2. The number of esters is 1. The predicted molar refractivity (Wildman–Crippen MR) is 88.8 cm³/mol. The van der Waals surface area contributed by atoms with E-state index in [1.807, 2.05) is 0 Å². The molecule has 2 heterocycles. The largest absolute Gasteiger partial charge is 0.492 e. The van der Waals surface area contributed by atoms with Crippen LogP contribution in [-0.2, 0) is 16.0 Å². The fourth-order valence-corrected chi connectivity index (χ4v) is 3.47.